The van der Waals surface area contributed by atoms with Crippen LogP contribution in [-0.4, -0.2) is 17.1 Å². The fourth-order valence-corrected chi connectivity index (χ4v) is 1.94. The summed E-state index contributed by atoms with van der Waals surface area (Å²) in [5, 5.41) is 0. The predicted molar refractivity (Wildman–Crippen MR) is 65.9 cm³/mol. The van der Waals surface area contributed by atoms with Crippen molar-refractivity contribution >= 4 is 0 Å². The van der Waals surface area contributed by atoms with Gasteiger partial charge in [-0.15, -0.1) is 0 Å². The van der Waals surface area contributed by atoms with E-state index < -0.39 is 0 Å². The smallest absolute Gasteiger partial charge is 0.237 e. The fourth-order valence-electron chi connectivity index (χ4n) is 1.94. The van der Waals surface area contributed by atoms with Gasteiger partial charge in [-0.1, -0.05) is 0 Å². The average Bonchev–Trinajstić information content (AvgIpc) is 2.70. The highest BCUT2D eigenvalue weighted by atomic mass is 16.5. The molecule has 0 aromatic carbocycles. The van der Waals surface area contributed by atoms with Gasteiger partial charge in [0, 0.05) is 18.0 Å². The van der Waals surface area contributed by atoms with E-state index in [0.29, 0.717) is 11.6 Å². The van der Waals surface area contributed by atoms with Crippen LogP contribution in [0.5, 0.6) is 5.88 Å². The van der Waals surface area contributed by atoms with Crippen LogP contribution in [0.3, 0.4) is 0 Å². The second kappa shape index (κ2) is 5.16. The summed E-state index contributed by atoms with van der Waals surface area (Å²) in [6, 6.07) is 1.61. The third kappa shape index (κ3) is 2.20. The van der Waals surface area contributed by atoms with Crippen molar-refractivity contribution in [2.75, 3.05) is 7.11 Å². The minimum Gasteiger partial charge on any atom is -0.480 e. The molecule has 1 unspecified atom stereocenters. The number of nitrogens with zero attached hydrogens (tertiary/aromatic N) is 2. The third-order valence-corrected chi connectivity index (χ3v) is 2.72. The molecule has 2 rings (SSSR count). The Morgan fingerprint density at radius 2 is 2.06 bits per heavy atom. The molecule has 0 saturated heterocycles. The van der Waals surface area contributed by atoms with E-state index >= 15 is 0 Å². The summed E-state index contributed by atoms with van der Waals surface area (Å²) in [4.78, 5) is 8.39. The largest absolute Gasteiger partial charge is 0.480 e. The number of hydrazine groups is 1. The second-order valence-corrected chi connectivity index (χ2v) is 3.92. The van der Waals surface area contributed by atoms with Crippen LogP contribution in [0.2, 0.25) is 0 Å². The molecule has 96 valence electrons. The number of methoxy groups -OCH3 is 1. The molecule has 3 N–H and O–H groups in total. The van der Waals surface area contributed by atoms with Crippen molar-refractivity contribution in [3.8, 4) is 5.88 Å². The standard InChI is InChI=1S/C12H16N4O2/c1-7-6-9(8(2)18-7)10(16-13)11-12(17-3)15-5-4-14-11/h4-6,10,16H,13H2,1-3H3. The first kappa shape index (κ1) is 12.5. The van der Waals surface area contributed by atoms with Crippen LogP contribution in [0, 0.1) is 13.8 Å². The molecule has 0 spiro atoms. The molecule has 0 aliphatic rings. The summed E-state index contributed by atoms with van der Waals surface area (Å²) in [5.41, 5.74) is 4.28. The van der Waals surface area contributed by atoms with Gasteiger partial charge in [-0.05, 0) is 19.9 Å². The Kier molecular flexibility index (Phi) is 3.59. The SMILES string of the molecule is COc1nccnc1C(NN)c1cc(C)oc1C. The maximum Gasteiger partial charge on any atom is 0.237 e. The highest BCUT2D eigenvalue weighted by molar-refractivity contribution is 5.35. The minimum atomic E-state index is -0.314. The predicted octanol–water partition coefficient (Wildman–Crippen LogP) is 1.25. The van der Waals surface area contributed by atoms with E-state index in [1.54, 1.807) is 19.5 Å². The van der Waals surface area contributed by atoms with Crippen molar-refractivity contribution in [3.05, 3.63) is 41.2 Å². The number of furan rings is 1. The van der Waals surface area contributed by atoms with Crippen molar-refractivity contribution in [1.29, 1.82) is 0 Å². The van der Waals surface area contributed by atoms with Crippen molar-refractivity contribution in [1.82, 2.24) is 15.4 Å². The monoisotopic (exact) mass is 248 g/mol. The van der Waals surface area contributed by atoms with E-state index in [0.717, 1.165) is 17.1 Å². The lowest BCUT2D eigenvalue weighted by molar-refractivity contribution is 0.382. The van der Waals surface area contributed by atoms with Crippen molar-refractivity contribution in [3.63, 3.8) is 0 Å². The van der Waals surface area contributed by atoms with Gasteiger partial charge in [-0.3, -0.25) is 10.8 Å². The van der Waals surface area contributed by atoms with E-state index in [9.17, 15) is 0 Å². The molecule has 0 aliphatic carbocycles. The Bertz CT molecular complexity index is 539. The van der Waals surface area contributed by atoms with E-state index in [1.165, 1.54) is 0 Å². The zero-order chi connectivity index (χ0) is 13.1. The van der Waals surface area contributed by atoms with Gasteiger partial charge in [-0.25, -0.2) is 10.4 Å². The Balaban J connectivity index is 2.48. The maximum absolute atomic E-state index is 5.62. The average molecular weight is 248 g/mol. The molecule has 0 amide bonds. The van der Waals surface area contributed by atoms with Gasteiger partial charge in [0.2, 0.25) is 5.88 Å². The Morgan fingerprint density at radius 3 is 2.61 bits per heavy atom. The Morgan fingerprint density at radius 1 is 1.33 bits per heavy atom. The molecule has 1 atom stereocenters. The quantitative estimate of drug-likeness (QED) is 0.625. The molecular weight excluding hydrogens is 232 g/mol. The lowest BCUT2D eigenvalue weighted by atomic mass is 10.0. The number of aromatic nitrogens is 2. The Labute approximate surface area is 105 Å². The van der Waals surface area contributed by atoms with Gasteiger partial charge in [0.1, 0.15) is 17.2 Å². The third-order valence-electron chi connectivity index (χ3n) is 2.72. The van der Waals surface area contributed by atoms with Crippen LogP contribution < -0.4 is 16.0 Å². The zero-order valence-electron chi connectivity index (χ0n) is 10.6. The van der Waals surface area contributed by atoms with Crippen LogP contribution in [0.25, 0.3) is 0 Å². The summed E-state index contributed by atoms with van der Waals surface area (Å²) in [7, 11) is 1.55. The summed E-state index contributed by atoms with van der Waals surface area (Å²) < 4.78 is 10.7. The van der Waals surface area contributed by atoms with E-state index in [4.69, 9.17) is 15.0 Å². The maximum atomic E-state index is 5.62. The molecule has 2 aromatic heterocycles. The van der Waals surface area contributed by atoms with Crippen molar-refractivity contribution in [2.45, 2.75) is 19.9 Å². The first-order chi connectivity index (χ1) is 8.67. The van der Waals surface area contributed by atoms with Crippen molar-refractivity contribution in [2.24, 2.45) is 5.84 Å². The van der Waals surface area contributed by atoms with E-state index in [2.05, 4.69) is 15.4 Å². The van der Waals surface area contributed by atoms with E-state index in [-0.39, 0.29) is 6.04 Å². The molecule has 0 radical (unpaired) electrons. The number of ether oxygens (including phenoxy) is 1. The molecule has 0 aliphatic heterocycles. The van der Waals surface area contributed by atoms with E-state index in [1.807, 2.05) is 19.9 Å². The normalized spacial score (nSPS) is 12.4. The van der Waals surface area contributed by atoms with Gasteiger partial charge in [0.05, 0.1) is 13.2 Å². The fraction of sp³-hybridized carbons (Fsp3) is 0.333. The van der Waals surface area contributed by atoms with Gasteiger partial charge >= 0.3 is 0 Å². The topological polar surface area (TPSA) is 86.2 Å². The summed E-state index contributed by atoms with van der Waals surface area (Å²) >= 11 is 0. The number of aryl methyl sites for hydroxylation is 2. The van der Waals surface area contributed by atoms with Crippen LogP contribution in [0.1, 0.15) is 28.8 Å². The molecule has 6 heteroatoms. The first-order valence-corrected chi connectivity index (χ1v) is 5.55. The minimum absolute atomic E-state index is 0.314. The molecule has 0 fully saturated rings. The van der Waals surface area contributed by atoms with Crippen LogP contribution in [0.15, 0.2) is 22.9 Å². The van der Waals surface area contributed by atoms with Crippen LogP contribution in [-0.2, 0) is 0 Å². The van der Waals surface area contributed by atoms with Gasteiger partial charge in [0.25, 0.3) is 0 Å². The molecule has 18 heavy (non-hydrogen) atoms. The van der Waals surface area contributed by atoms with Gasteiger partial charge < -0.3 is 9.15 Å². The van der Waals surface area contributed by atoms with Gasteiger partial charge in [-0.2, -0.15) is 0 Å². The number of hydrogen-bond donors (Lipinski definition) is 2. The molecule has 0 saturated carbocycles. The number of nitrogens with one attached hydrogen (secondary N) is 1. The Hall–Kier alpha value is -1.92. The van der Waals surface area contributed by atoms with Gasteiger partial charge in [0.15, 0.2) is 0 Å². The highest BCUT2D eigenvalue weighted by Gasteiger charge is 2.23. The summed E-state index contributed by atoms with van der Waals surface area (Å²) in [6.45, 7) is 3.77. The lowest BCUT2D eigenvalue weighted by Crippen LogP contribution is -2.30. The molecule has 0 bridgehead atoms. The number of hydrogen-bond acceptors (Lipinski definition) is 6. The summed E-state index contributed by atoms with van der Waals surface area (Å²) in [5.74, 6) is 7.69. The number of rotatable bonds is 4. The molecule has 6 nitrogen and oxygen atoms in total. The highest BCUT2D eigenvalue weighted by Crippen LogP contribution is 2.29. The van der Waals surface area contributed by atoms with Crippen LogP contribution in [0.4, 0.5) is 0 Å². The number of nitrogens with two attached hydrogens (primary N) is 1. The zero-order valence-corrected chi connectivity index (χ0v) is 10.6. The summed E-state index contributed by atoms with van der Waals surface area (Å²) in [6.07, 6.45) is 3.17. The molecule has 2 aromatic rings. The molecule has 2 heterocycles. The van der Waals surface area contributed by atoms with Crippen molar-refractivity contribution < 1.29 is 9.15 Å². The second-order valence-electron chi connectivity index (χ2n) is 3.92. The van der Waals surface area contributed by atoms with Crippen LogP contribution >= 0.6 is 0 Å². The first-order valence-electron chi connectivity index (χ1n) is 5.55. The molecular formula is C12H16N4O2. The lowest BCUT2D eigenvalue weighted by Gasteiger charge is -2.16.